The highest BCUT2D eigenvalue weighted by molar-refractivity contribution is 6.32. The van der Waals surface area contributed by atoms with Crippen molar-refractivity contribution in [3.63, 3.8) is 0 Å². The molecule has 0 fully saturated rings. The molecule has 0 aliphatic heterocycles. The van der Waals surface area contributed by atoms with E-state index in [4.69, 9.17) is 32.7 Å². The normalized spacial score (nSPS) is 11.5. The number of nitrogens with one attached hydrogen (secondary N) is 1. The number of carbonyl (C=O) groups is 2. The number of para-hydroxylation sites is 1. The fourth-order valence-electron chi connectivity index (χ4n) is 3.63. The van der Waals surface area contributed by atoms with Crippen molar-refractivity contribution >= 4 is 35.0 Å². The van der Waals surface area contributed by atoms with Crippen LogP contribution in [0, 0.1) is 0 Å². The monoisotopic (exact) mass is 528 g/mol. The predicted octanol–water partition coefficient (Wildman–Crippen LogP) is 5.69. The molecule has 0 aromatic heterocycles. The van der Waals surface area contributed by atoms with E-state index in [9.17, 15) is 9.59 Å². The quantitative estimate of drug-likeness (QED) is 0.289. The topological polar surface area (TPSA) is 67.9 Å². The standard InChI is InChI=1S/C28H30Cl2N2O4/c1-2-35-18-8-17-31-28(34)27(22-9-4-3-5-10-22)32(19-21-13-15-23(29)16-14-21)26(33)20-36-25-12-7-6-11-24(25)30/h3-7,9-16,27H,2,8,17-20H2,1H3,(H,31,34)/t27-/m0/s1. The Morgan fingerprint density at radius 2 is 1.64 bits per heavy atom. The minimum Gasteiger partial charge on any atom is -0.482 e. The van der Waals surface area contributed by atoms with Crippen molar-refractivity contribution in [2.24, 2.45) is 0 Å². The van der Waals surface area contributed by atoms with E-state index in [0.29, 0.717) is 47.5 Å². The molecule has 2 amide bonds. The number of carbonyl (C=O) groups excluding carboxylic acids is 2. The van der Waals surface area contributed by atoms with E-state index in [1.165, 1.54) is 4.90 Å². The van der Waals surface area contributed by atoms with Gasteiger partial charge >= 0.3 is 0 Å². The Morgan fingerprint density at radius 3 is 2.33 bits per heavy atom. The molecule has 0 aliphatic rings. The van der Waals surface area contributed by atoms with E-state index in [1.807, 2.05) is 49.4 Å². The largest absolute Gasteiger partial charge is 0.482 e. The van der Waals surface area contributed by atoms with Gasteiger partial charge in [0.15, 0.2) is 6.61 Å². The molecular formula is C28H30Cl2N2O4. The summed E-state index contributed by atoms with van der Waals surface area (Å²) in [6, 6.07) is 22.5. The lowest BCUT2D eigenvalue weighted by molar-refractivity contribution is -0.143. The summed E-state index contributed by atoms with van der Waals surface area (Å²) in [5.74, 6) is -0.239. The molecule has 3 aromatic rings. The maximum atomic E-state index is 13.6. The van der Waals surface area contributed by atoms with Crippen LogP contribution in [0.5, 0.6) is 5.75 Å². The molecule has 1 atom stereocenters. The van der Waals surface area contributed by atoms with Crippen molar-refractivity contribution in [2.45, 2.75) is 25.9 Å². The number of ether oxygens (including phenoxy) is 2. The maximum Gasteiger partial charge on any atom is 0.261 e. The van der Waals surface area contributed by atoms with Gasteiger partial charge < -0.3 is 19.7 Å². The van der Waals surface area contributed by atoms with Crippen LogP contribution in [0.1, 0.15) is 30.5 Å². The zero-order valence-corrected chi connectivity index (χ0v) is 21.7. The summed E-state index contributed by atoms with van der Waals surface area (Å²) in [6.07, 6.45) is 0.668. The first-order valence-electron chi connectivity index (χ1n) is 11.8. The van der Waals surface area contributed by atoms with Crippen LogP contribution in [0.15, 0.2) is 78.9 Å². The Kier molecular flexibility index (Phi) is 11.1. The Bertz CT molecular complexity index is 1110. The van der Waals surface area contributed by atoms with Crippen molar-refractivity contribution < 1.29 is 19.1 Å². The molecule has 0 bridgehead atoms. The van der Waals surface area contributed by atoms with Gasteiger partial charge in [-0.25, -0.2) is 0 Å². The first-order valence-corrected chi connectivity index (χ1v) is 12.6. The van der Waals surface area contributed by atoms with Crippen LogP contribution in [0.25, 0.3) is 0 Å². The predicted molar refractivity (Wildman–Crippen MR) is 142 cm³/mol. The van der Waals surface area contributed by atoms with Crippen molar-refractivity contribution in [1.29, 1.82) is 0 Å². The molecule has 3 aromatic carbocycles. The molecule has 36 heavy (non-hydrogen) atoms. The molecule has 1 N–H and O–H groups in total. The van der Waals surface area contributed by atoms with Gasteiger partial charge in [-0.15, -0.1) is 0 Å². The summed E-state index contributed by atoms with van der Waals surface area (Å²) < 4.78 is 11.1. The molecule has 0 heterocycles. The molecule has 3 rings (SSSR count). The third kappa shape index (κ3) is 8.26. The van der Waals surface area contributed by atoms with Crippen LogP contribution in [0.3, 0.4) is 0 Å². The Morgan fingerprint density at radius 1 is 0.944 bits per heavy atom. The van der Waals surface area contributed by atoms with Gasteiger partial charge in [0.2, 0.25) is 5.91 Å². The average Bonchev–Trinajstić information content (AvgIpc) is 2.89. The van der Waals surface area contributed by atoms with Gasteiger partial charge in [0.05, 0.1) is 5.02 Å². The number of benzene rings is 3. The lowest BCUT2D eigenvalue weighted by Crippen LogP contribution is -2.45. The van der Waals surface area contributed by atoms with Gasteiger partial charge in [-0.3, -0.25) is 9.59 Å². The summed E-state index contributed by atoms with van der Waals surface area (Å²) >= 11 is 12.3. The number of rotatable bonds is 13. The van der Waals surface area contributed by atoms with E-state index in [0.717, 1.165) is 5.56 Å². The smallest absolute Gasteiger partial charge is 0.261 e. The molecule has 6 nitrogen and oxygen atoms in total. The summed E-state index contributed by atoms with van der Waals surface area (Å²) in [4.78, 5) is 28.6. The number of halogens is 2. The number of nitrogens with zero attached hydrogens (tertiary/aromatic N) is 1. The van der Waals surface area contributed by atoms with Crippen LogP contribution in [-0.4, -0.2) is 43.1 Å². The second-order valence-electron chi connectivity index (χ2n) is 8.02. The fraction of sp³-hybridized carbons (Fsp3) is 0.286. The molecule has 0 saturated heterocycles. The molecule has 190 valence electrons. The summed E-state index contributed by atoms with van der Waals surface area (Å²) in [5, 5.41) is 3.95. The summed E-state index contributed by atoms with van der Waals surface area (Å²) in [6.45, 7) is 3.43. The highest BCUT2D eigenvalue weighted by Crippen LogP contribution is 2.26. The second-order valence-corrected chi connectivity index (χ2v) is 8.87. The number of hydrogen-bond donors (Lipinski definition) is 1. The molecular weight excluding hydrogens is 499 g/mol. The average molecular weight is 529 g/mol. The highest BCUT2D eigenvalue weighted by Gasteiger charge is 2.31. The zero-order valence-electron chi connectivity index (χ0n) is 20.2. The van der Waals surface area contributed by atoms with Crippen molar-refractivity contribution in [3.8, 4) is 5.75 Å². The molecule has 0 radical (unpaired) electrons. The Hall–Kier alpha value is -3.06. The SMILES string of the molecule is CCOCCCNC(=O)[C@H](c1ccccc1)N(Cc1ccc(Cl)cc1)C(=O)COc1ccccc1Cl. The van der Waals surface area contributed by atoms with Crippen LogP contribution in [0.4, 0.5) is 0 Å². The third-order valence-corrected chi connectivity index (χ3v) is 5.98. The Balaban J connectivity index is 1.87. The van der Waals surface area contributed by atoms with E-state index < -0.39 is 6.04 Å². The fourth-order valence-corrected chi connectivity index (χ4v) is 3.95. The molecule has 8 heteroatoms. The molecule has 0 saturated carbocycles. The van der Waals surface area contributed by atoms with E-state index >= 15 is 0 Å². The summed E-state index contributed by atoms with van der Waals surface area (Å²) in [7, 11) is 0. The Labute approximate surface area is 222 Å². The lowest BCUT2D eigenvalue weighted by atomic mass is 10.0. The number of hydrogen-bond acceptors (Lipinski definition) is 4. The van der Waals surface area contributed by atoms with Gasteiger partial charge in [0, 0.05) is 31.3 Å². The maximum absolute atomic E-state index is 13.6. The third-order valence-electron chi connectivity index (χ3n) is 5.42. The van der Waals surface area contributed by atoms with E-state index in [2.05, 4.69) is 5.32 Å². The second kappa shape index (κ2) is 14.5. The van der Waals surface area contributed by atoms with Gasteiger partial charge in [0.25, 0.3) is 5.91 Å². The van der Waals surface area contributed by atoms with Gasteiger partial charge in [-0.2, -0.15) is 0 Å². The lowest BCUT2D eigenvalue weighted by Gasteiger charge is -2.31. The molecule has 0 aliphatic carbocycles. The van der Waals surface area contributed by atoms with Crippen molar-refractivity contribution in [2.75, 3.05) is 26.4 Å². The van der Waals surface area contributed by atoms with E-state index in [1.54, 1.807) is 36.4 Å². The molecule has 0 spiro atoms. The zero-order chi connectivity index (χ0) is 25.8. The van der Waals surface area contributed by atoms with Gasteiger partial charge in [0.1, 0.15) is 11.8 Å². The summed E-state index contributed by atoms with van der Waals surface area (Å²) in [5.41, 5.74) is 1.52. The van der Waals surface area contributed by atoms with Crippen LogP contribution in [-0.2, 0) is 20.9 Å². The molecule has 0 unspecified atom stereocenters. The van der Waals surface area contributed by atoms with Crippen LogP contribution < -0.4 is 10.1 Å². The van der Waals surface area contributed by atoms with Crippen LogP contribution in [0.2, 0.25) is 10.0 Å². The minimum atomic E-state index is -0.865. The highest BCUT2D eigenvalue weighted by atomic mass is 35.5. The van der Waals surface area contributed by atoms with Crippen LogP contribution >= 0.6 is 23.2 Å². The van der Waals surface area contributed by atoms with Gasteiger partial charge in [-0.1, -0.05) is 77.8 Å². The van der Waals surface area contributed by atoms with Crippen molar-refractivity contribution in [1.82, 2.24) is 10.2 Å². The minimum absolute atomic E-state index is 0.188. The first kappa shape index (κ1) is 27.5. The van der Waals surface area contributed by atoms with Gasteiger partial charge in [-0.05, 0) is 48.7 Å². The first-order chi connectivity index (χ1) is 17.5. The van der Waals surface area contributed by atoms with E-state index in [-0.39, 0.29) is 25.0 Å². The number of amides is 2. The van der Waals surface area contributed by atoms with Crippen molar-refractivity contribution in [3.05, 3.63) is 100 Å².